The van der Waals surface area contributed by atoms with Crippen LogP contribution in [0.2, 0.25) is 0 Å². The number of aromatic nitrogens is 1. The maximum atomic E-state index is 12.0. The highest BCUT2D eigenvalue weighted by molar-refractivity contribution is 6.06. The third-order valence-electron chi connectivity index (χ3n) is 4.19. The van der Waals surface area contributed by atoms with Crippen LogP contribution in [0.4, 0.5) is 16.3 Å². The number of fused-ring (bicyclic) bond motifs is 1. The Kier molecular flexibility index (Phi) is 4.07. The molecule has 6 heteroatoms. The van der Waals surface area contributed by atoms with E-state index in [1.54, 1.807) is 18.3 Å². The van der Waals surface area contributed by atoms with Crippen LogP contribution in [0.15, 0.2) is 71.9 Å². The van der Waals surface area contributed by atoms with Gasteiger partial charge in [-0.3, -0.25) is 10.3 Å². The quantitative estimate of drug-likeness (QED) is 0.678. The first-order valence-corrected chi connectivity index (χ1v) is 8.22. The number of hydrogen-bond donors (Lipinski definition) is 3. The van der Waals surface area contributed by atoms with E-state index in [4.69, 9.17) is 5.73 Å². The SMILES string of the molecule is NC1=NCc2cccc(-c3ccc(NC(=O)Nc4ccccn4)cc3)c21. The second-order valence-electron chi connectivity index (χ2n) is 5.91. The standard InChI is InChI=1S/C20H17N5O/c21-19-18-14(12-23-19)4-3-5-16(18)13-7-9-15(10-8-13)24-20(26)25-17-6-1-2-11-22-17/h1-11H,12H2,(H2,21,23)(H2,22,24,25,26). The van der Waals surface area contributed by atoms with Gasteiger partial charge in [0.1, 0.15) is 11.7 Å². The van der Waals surface area contributed by atoms with Gasteiger partial charge in [0.2, 0.25) is 0 Å². The first kappa shape index (κ1) is 15.8. The molecule has 2 aromatic carbocycles. The third-order valence-corrected chi connectivity index (χ3v) is 4.19. The van der Waals surface area contributed by atoms with Crippen LogP contribution in [-0.4, -0.2) is 16.9 Å². The van der Waals surface area contributed by atoms with Crippen molar-refractivity contribution in [1.29, 1.82) is 0 Å². The molecule has 0 bridgehead atoms. The van der Waals surface area contributed by atoms with Crippen molar-refractivity contribution in [3.63, 3.8) is 0 Å². The first-order valence-electron chi connectivity index (χ1n) is 8.22. The minimum Gasteiger partial charge on any atom is -0.383 e. The number of rotatable bonds is 3. The number of benzene rings is 2. The molecule has 0 radical (unpaired) electrons. The number of nitrogens with one attached hydrogen (secondary N) is 2. The van der Waals surface area contributed by atoms with Crippen LogP contribution in [-0.2, 0) is 6.54 Å². The number of pyridine rings is 1. The summed E-state index contributed by atoms with van der Waals surface area (Å²) in [5.74, 6) is 1.07. The van der Waals surface area contributed by atoms with Crippen molar-refractivity contribution in [3.05, 3.63) is 78.0 Å². The van der Waals surface area contributed by atoms with E-state index in [9.17, 15) is 4.79 Å². The molecule has 4 rings (SSSR count). The zero-order valence-electron chi connectivity index (χ0n) is 13.9. The highest BCUT2D eigenvalue weighted by atomic mass is 16.2. The fourth-order valence-corrected chi connectivity index (χ4v) is 2.97. The summed E-state index contributed by atoms with van der Waals surface area (Å²) < 4.78 is 0. The number of aliphatic imine (C=N–C) groups is 1. The molecule has 26 heavy (non-hydrogen) atoms. The zero-order chi connectivity index (χ0) is 17.9. The number of nitrogens with two attached hydrogens (primary N) is 1. The van der Waals surface area contributed by atoms with Crippen LogP contribution in [0.3, 0.4) is 0 Å². The lowest BCUT2D eigenvalue weighted by Gasteiger charge is -2.11. The van der Waals surface area contributed by atoms with E-state index in [2.05, 4.69) is 20.6 Å². The smallest absolute Gasteiger partial charge is 0.324 e. The highest BCUT2D eigenvalue weighted by Gasteiger charge is 2.17. The predicted octanol–water partition coefficient (Wildman–Crippen LogP) is 3.61. The molecule has 0 fully saturated rings. The summed E-state index contributed by atoms with van der Waals surface area (Å²) in [6, 6.07) is 18.7. The number of urea groups is 1. The van der Waals surface area contributed by atoms with E-state index in [1.165, 1.54) is 0 Å². The largest absolute Gasteiger partial charge is 0.383 e. The van der Waals surface area contributed by atoms with Crippen LogP contribution in [0.25, 0.3) is 11.1 Å². The van der Waals surface area contributed by atoms with Crippen molar-refractivity contribution in [2.45, 2.75) is 6.54 Å². The Balaban J connectivity index is 1.51. The molecule has 0 unspecified atom stereocenters. The van der Waals surface area contributed by atoms with Gasteiger partial charge in [-0.25, -0.2) is 9.78 Å². The monoisotopic (exact) mass is 343 g/mol. The van der Waals surface area contributed by atoms with Crippen molar-refractivity contribution >= 4 is 23.4 Å². The molecule has 0 saturated carbocycles. The number of hydrogen-bond acceptors (Lipinski definition) is 4. The van der Waals surface area contributed by atoms with Crippen molar-refractivity contribution in [2.24, 2.45) is 10.7 Å². The zero-order valence-corrected chi connectivity index (χ0v) is 13.9. The van der Waals surface area contributed by atoms with Gasteiger partial charge in [-0.15, -0.1) is 0 Å². The molecular formula is C20H17N5O. The Morgan fingerprint density at radius 3 is 2.58 bits per heavy atom. The Labute approximate surface area is 150 Å². The summed E-state index contributed by atoms with van der Waals surface area (Å²) in [6.45, 7) is 0.627. The van der Waals surface area contributed by atoms with E-state index in [0.29, 0.717) is 23.9 Å². The summed E-state index contributed by atoms with van der Waals surface area (Å²) in [6.07, 6.45) is 1.62. The Morgan fingerprint density at radius 1 is 0.962 bits per heavy atom. The maximum absolute atomic E-state index is 12.0. The molecule has 0 saturated heterocycles. The van der Waals surface area contributed by atoms with E-state index < -0.39 is 0 Å². The molecule has 3 aromatic rings. The maximum Gasteiger partial charge on any atom is 0.324 e. The van der Waals surface area contributed by atoms with Crippen LogP contribution < -0.4 is 16.4 Å². The fraction of sp³-hybridized carbons (Fsp3) is 0.0500. The topological polar surface area (TPSA) is 92.4 Å². The van der Waals surface area contributed by atoms with Gasteiger partial charge in [0.25, 0.3) is 0 Å². The van der Waals surface area contributed by atoms with E-state index in [0.717, 1.165) is 22.3 Å². The van der Waals surface area contributed by atoms with Gasteiger partial charge in [-0.2, -0.15) is 0 Å². The molecule has 6 nitrogen and oxygen atoms in total. The van der Waals surface area contributed by atoms with Crippen LogP contribution in [0, 0.1) is 0 Å². The Hall–Kier alpha value is -3.67. The number of carbonyl (C=O) groups is 1. The lowest BCUT2D eigenvalue weighted by molar-refractivity contribution is 0.262. The van der Waals surface area contributed by atoms with E-state index in [1.807, 2.05) is 48.5 Å². The summed E-state index contributed by atoms with van der Waals surface area (Å²) >= 11 is 0. The van der Waals surface area contributed by atoms with Gasteiger partial charge in [0, 0.05) is 17.4 Å². The lowest BCUT2D eigenvalue weighted by atomic mass is 9.96. The van der Waals surface area contributed by atoms with Gasteiger partial charge in [0.15, 0.2) is 0 Å². The Bertz CT molecular complexity index is 981. The van der Waals surface area contributed by atoms with Crippen LogP contribution >= 0.6 is 0 Å². The predicted molar refractivity (Wildman–Crippen MR) is 103 cm³/mol. The van der Waals surface area contributed by atoms with Crippen molar-refractivity contribution in [1.82, 2.24) is 4.98 Å². The lowest BCUT2D eigenvalue weighted by Crippen LogP contribution is -2.19. The van der Waals surface area contributed by atoms with Gasteiger partial charge < -0.3 is 11.1 Å². The van der Waals surface area contributed by atoms with Crippen molar-refractivity contribution < 1.29 is 4.79 Å². The minimum absolute atomic E-state index is 0.339. The molecule has 2 heterocycles. The number of amidine groups is 1. The van der Waals surface area contributed by atoms with Gasteiger partial charge in [-0.1, -0.05) is 36.4 Å². The molecule has 128 valence electrons. The summed E-state index contributed by atoms with van der Waals surface area (Å²) in [5, 5.41) is 5.47. The molecule has 1 aliphatic rings. The number of carbonyl (C=O) groups excluding carboxylic acids is 1. The van der Waals surface area contributed by atoms with Crippen LogP contribution in [0.1, 0.15) is 11.1 Å². The second-order valence-corrected chi connectivity index (χ2v) is 5.91. The van der Waals surface area contributed by atoms with Crippen LogP contribution in [0.5, 0.6) is 0 Å². The number of amides is 2. The normalized spacial score (nSPS) is 12.2. The number of anilines is 2. The van der Waals surface area contributed by atoms with Crippen molar-refractivity contribution in [2.75, 3.05) is 10.6 Å². The van der Waals surface area contributed by atoms with Crippen molar-refractivity contribution in [3.8, 4) is 11.1 Å². The van der Waals surface area contributed by atoms with E-state index in [-0.39, 0.29) is 6.03 Å². The molecule has 4 N–H and O–H groups in total. The molecule has 1 aromatic heterocycles. The highest BCUT2D eigenvalue weighted by Crippen LogP contribution is 2.30. The summed E-state index contributed by atoms with van der Waals surface area (Å²) in [7, 11) is 0. The first-order chi connectivity index (χ1) is 12.7. The van der Waals surface area contributed by atoms with Gasteiger partial charge >= 0.3 is 6.03 Å². The molecule has 0 spiro atoms. The molecule has 0 atom stereocenters. The fourth-order valence-electron chi connectivity index (χ4n) is 2.97. The summed E-state index contributed by atoms with van der Waals surface area (Å²) in [4.78, 5) is 20.4. The Morgan fingerprint density at radius 2 is 1.81 bits per heavy atom. The third kappa shape index (κ3) is 3.12. The average Bonchev–Trinajstić information content (AvgIpc) is 3.04. The second kappa shape index (κ2) is 6.68. The van der Waals surface area contributed by atoms with Gasteiger partial charge in [0.05, 0.1) is 6.54 Å². The molecule has 1 aliphatic heterocycles. The molecule has 2 amide bonds. The molecule has 0 aliphatic carbocycles. The van der Waals surface area contributed by atoms with E-state index >= 15 is 0 Å². The average molecular weight is 343 g/mol. The summed E-state index contributed by atoms with van der Waals surface area (Å²) in [5.41, 5.74) is 10.9. The minimum atomic E-state index is -0.339. The van der Waals surface area contributed by atoms with Gasteiger partial charge in [-0.05, 0) is 41.0 Å². The molecular weight excluding hydrogens is 326 g/mol. The number of nitrogens with zero attached hydrogens (tertiary/aromatic N) is 2.